The summed E-state index contributed by atoms with van der Waals surface area (Å²) in [6.07, 6.45) is -0.206. The first-order valence-corrected chi connectivity index (χ1v) is 16.0. The van der Waals surface area contributed by atoms with Crippen LogP contribution in [-0.2, 0) is 32.5 Å². The number of hydrogen-bond donors (Lipinski definition) is 2. The summed E-state index contributed by atoms with van der Waals surface area (Å²) in [4.78, 5) is 12.1. The lowest BCUT2D eigenvalue weighted by Crippen LogP contribution is -2.35. The molecule has 0 aliphatic carbocycles. The largest absolute Gasteiger partial charge is 0.416 e. The predicted octanol–water partition coefficient (Wildman–Crippen LogP) is 5.24. The number of nitrogens with one attached hydrogen (secondary N) is 2. The van der Waals surface area contributed by atoms with Crippen LogP contribution in [0.4, 0.5) is 13.2 Å². The Morgan fingerprint density at radius 2 is 1.56 bits per heavy atom. The zero-order valence-corrected chi connectivity index (χ0v) is 24.0. The maximum Gasteiger partial charge on any atom is 0.416 e. The number of sulfonamides is 1. The van der Waals surface area contributed by atoms with Crippen LogP contribution in [0.2, 0.25) is 0 Å². The molecule has 3 aromatic rings. The molecule has 7 nitrogen and oxygen atoms in total. The number of benzene rings is 3. The van der Waals surface area contributed by atoms with E-state index in [0.29, 0.717) is 11.6 Å². The van der Waals surface area contributed by atoms with E-state index in [9.17, 15) is 34.8 Å². The number of alkyl halides is 3. The number of rotatable bonds is 13. The van der Waals surface area contributed by atoms with Crippen molar-refractivity contribution >= 4 is 31.8 Å². The molecule has 12 heteroatoms. The lowest BCUT2D eigenvalue weighted by molar-refractivity contribution is -0.137. The van der Waals surface area contributed by atoms with Gasteiger partial charge in [0.05, 0.1) is 21.1 Å². The highest BCUT2D eigenvalue weighted by Crippen LogP contribution is 2.35. The lowest BCUT2D eigenvalue weighted by Gasteiger charge is -2.13. The molecule has 0 fully saturated rings. The zero-order valence-electron chi connectivity index (χ0n) is 22.3. The molecule has 0 heterocycles. The minimum absolute atomic E-state index is 0.00149. The highest BCUT2D eigenvalue weighted by molar-refractivity contribution is 7.91. The Morgan fingerprint density at radius 3 is 2.24 bits per heavy atom. The molecule has 0 spiro atoms. The molecule has 2 N–H and O–H groups in total. The Morgan fingerprint density at radius 1 is 0.878 bits per heavy atom. The molecular weight excluding hydrogens is 577 g/mol. The van der Waals surface area contributed by atoms with Crippen molar-refractivity contribution in [3.63, 3.8) is 0 Å². The van der Waals surface area contributed by atoms with Crippen molar-refractivity contribution in [1.29, 1.82) is 0 Å². The Bertz CT molecular complexity index is 1590. The van der Waals surface area contributed by atoms with Crippen molar-refractivity contribution in [2.75, 3.05) is 18.8 Å². The summed E-state index contributed by atoms with van der Waals surface area (Å²) in [5.74, 6) is -0.992. The summed E-state index contributed by atoms with van der Waals surface area (Å²) in [6.45, 7) is 1.92. The van der Waals surface area contributed by atoms with E-state index in [4.69, 9.17) is 0 Å². The normalized spacial score (nSPS) is 12.5. The van der Waals surface area contributed by atoms with Crippen LogP contribution < -0.4 is 10.0 Å². The Kier molecular flexibility index (Phi) is 10.9. The summed E-state index contributed by atoms with van der Waals surface area (Å²) in [7, 11) is -8.05. The van der Waals surface area contributed by atoms with E-state index >= 15 is 0 Å². The van der Waals surface area contributed by atoms with Crippen LogP contribution in [0.5, 0.6) is 0 Å². The number of unbranched alkanes of at least 4 members (excludes halogenated alkanes) is 1. The Balaban J connectivity index is 1.65. The van der Waals surface area contributed by atoms with Crippen LogP contribution in [0, 0.1) is 0 Å². The molecule has 3 aromatic carbocycles. The van der Waals surface area contributed by atoms with Gasteiger partial charge in [-0.05, 0) is 60.4 Å². The number of amides is 1. The SMILES string of the molecule is CCCCc1ccccc1C(=O)NCCNS(=O)(=O)CC=Cc1cc(S(=O)(=O)c2ccccc2)ccc1C(F)(F)F. The van der Waals surface area contributed by atoms with Gasteiger partial charge >= 0.3 is 6.18 Å². The second-order valence-corrected chi connectivity index (χ2v) is 13.0. The summed E-state index contributed by atoms with van der Waals surface area (Å²) >= 11 is 0. The highest BCUT2D eigenvalue weighted by Gasteiger charge is 2.33. The minimum Gasteiger partial charge on any atom is -0.351 e. The second-order valence-electron chi connectivity index (χ2n) is 9.16. The molecule has 0 aliphatic rings. The molecule has 41 heavy (non-hydrogen) atoms. The van der Waals surface area contributed by atoms with E-state index in [-0.39, 0.29) is 28.8 Å². The number of sulfone groups is 1. The zero-order chi connectivity index (χ0) is 30.1. The molecule has 0 saturated carbocycles. The minimum atomic E-state index is -4.79. The molecule has 0 aromatic heterocycles. The average molecular weight is 609 g/mol. The molecule has 0 aliphatic heterocycles. The first-order chi connectivity index (χ1) is 19.3. The first-order valence-electron chi connectivity index (χ1n) is 12.9. The quantitative estimate of drug-likeness (QED) is 0.258. The van der Waals surface area contributed by atoms with Crippen LogP contribution in [0.3, 0.4) is 0 Å². The molecule has 0 saturated heterocycles. The molecule has 1 amide bonds. The van der Waals surface area contributed by atoms with Crippen LogP contribution in [0.15, 0.2) is 88.7 Å². The fourth-order valence-corrected chi connectivity index (χ4v) is 6.20. The number of aryl methyl sites for hydroxylation is 1. The van der Waals surface area contributed by atoms with Crippen LogP contribution in [0.25, 0.3) is 6.08 Å². The van der Waals surface area contributed by atoms with E-state index in [0.717, 1.165) is 49.1 Å². The van der Waals surface area contributed by atoms with Crippen molar-refractivity contribution in [2.45, 2.75) is 42.2 Å². The number of hydrogen-bond acceptors (Lipinski definition) is 5. The summed E-state index contributed by atoms with van der Waals surface area (Å²) < 4.78 is 93.7. The van der Waals surface area contributed by atoms with E-state index in [1.54, 1.807) is 18.2 Å². The van der Waals surface area contributed by atoms with Crippen molar-refractivity contribution in [3.05, 3.63) is 101 Å². The second kappa shape index (κ2) is 13.9. The fourth-order valence-electron chi connectivity index (χ4n) is 4.01. The monoisotopic (exact) mass is 608 g/mol. The van der Waals surface area contributed by atoms with E-state index in [1.807, 2.05) is 19.1 Å². The Labute approximate surface area is 238 Å². The number of carbonyl (C=O) groups is 1. The van der Waals surface area contributed by atoms with Gasteiger partial charge in [0, 0.05) is 18.7 Å². The summed E-state index contributed by atoms with van der Waals surface area (Å²) in [6, 6.07) is 16.8. The van der Waals surface area contributed by atoms with Crippen LogP contribution in [0.1, 0.15) is 46.8 Å². The van der Waals surface area contributed by atoms with E-state index in [2.05, 4.69) is 10.0 Å². The molecular formula is C29H31F3N2O5S2. The van der Waals surface area contributed by atoms with Gasteiger partial charge < -0.3 is 5.32 Å². The third-order valence-corrected chi connectivity index (χ3v) is 9.14. The van der Waals surface area contributed by atoms with Crippen LogP contribution >= 0.6 is 0 Å². The van der Waals surface area contributed by atoms with Gasteiger partial charge in [-0.2, -0.15) is 13.2 Å². The molecule has 0 radical (unpaired) electrons. The van der Waals surface area contributed by atoms with Crippen molar-refractivity contribution in [1.82, 2.24) is 10.0 Å². The molecule has 0 unspecified atom stereocenters. The van der Waals surface area contributed by atoms with Gasteiger partial charge in [0.1, 0.15) is 0 Å². The molecule has 220 valence electrons. The summed E-state index contributed by atoms with van der Waals surface area (Å²) in [5, 5.41) is 2.66. The third kappa shape index (κ3) is 9.00. The highest BCUT2D eigenvalue weighted by atomic mass is 32.2. The topological polar surface area (TPSA) is 109 Å². The third-order valence-electron chi connectivity index (χ3n) is 6.10. The number of carbonyl (C=O) groups excluding carboxylic acids is 1. The Hall–Kier alpha value is -3.48. The van der Waals surface area contributed by atoms with Gasteiger partial charge in [0.2, 0.25) is 19.9 Å². The lowest BCUT2D eigenvalue weighted by atomic mass is 10.0. The van der Waals surface area contributed by atoms with Gasteiger partial charge in [-0.25, -0.2) is 21.6 Å². The first kappa shape index (κ1) is 32.0. The van der Waals surface area contributed by atoms with Crippen molar-refractivity contribution in [3.8, 4) is 0 Å². The standard InChI is InChI=1S/C29H31F3N2O5S2/c1-2-3-10-22-11-7-8-15-26(22)28(35)33-18-19-34-40(36,37)20-9-12-23-21-25(16-17-27(23)29(30,31)32)41(38,39)24-13-5-4-6-14-24/h4-9,11-17,21,34H,2-3,10,18-20H2,1H3,(H,33,35). The smallest absolute Gasteiger partial charge is 0.351 e. The fraction of sp³-hybridized carbons (Fsp3) is 0.276. The van der Waals surface area contributed by atoms with Crippen molar-refractivity contribution < 1.29 is 34.8 Å². The van der Waals surface area contributed by atoms with Gasteiger partial charge in [-0.15, -0.1) is 0 Å². The maximum absolute atomic E-state index is 13.6. The van der Waals surface area contributed by atoms with E-state index in [1.165, 1.54) is 24.3 Å². The van der Waals surface area contributed by atoms with E-state index < -0.39 is 42.9 Å². The molecule has 0 atom stereocenters. The van der Waals surface area contributed by atoms with Crippen LogP contribution in [-0.4, -0.2) is 41.6 Å². The van der Waals surface area contributed by atoms with Crippen molar-refractivity contribution in [2.24, 2.45) is 0 Å². The maximum atomic E-state index is 13.6. The van der Waals surface area contributed by atoms with Gasteiger partial charge in [-0.3, -0.25) is 4.79 Å². The predicted molar refractivity (Wildman–Crippen MR) is 152 cm³/mol. The molecule has 3 rings (SSSR count). The number of halogens is 3. The van der Waals surface area contributed by atoms with Gasteiger partial charge in [-0.1, -0.05) is 61.9 Å². The molecule has 0 bridgehead atoms. The summed E-state index contributed by atoms with van der Waals surface area (Å²) in [5.41, 5.74) is -0.174. The van der Waals surface area contributed by atoms with Gasteiger partial charge in [0.25, 0.3) is 5.91 Å². The van der Waals surface area contributed by atoms with Gasteiger partial charge in [0.15, 0.2) is 0 Å². The average Bonchev–Trinajstić information content (AvgIpc) is 2.94.